The highest BCUT2D eigenvalue weighted by Gasteiger charge is 2.20. The van der Waals surface area contributed by atoms with E-state index in [9.17, 15) is 0 Å². The maximum absolute atomic E-state index is 5.96. The molecular formula is C15H16ClN3O. The summed E-state index contributed by atoms with van der Waals surface area (Å²) < 4.78 is 5.32. The number of nitrogens with one attached hydrogen (secondary N) is 1. The van der Waals surface area contributed by atoms with Crippen molar-refractivity contribution in [1.29, 1.82) is 0 Å². The Labute approximate surface area is 123 Å². The van der Waals surface area contributed by atoms with E-state index in [1.807, 2.05) is 24.5 Å². The first-order valence-corrected chi connectivity index (χ1v) is 7.02. The molecule has 1 aliphatic rings. The molecule has 0 aliphatic heterocycles. The third-order valence-electron chi connectivity index (χ3n) is 3.28. The number of hydrogen-bond acceptors (Lipinski definition) is 4. The van der Waals surface area contributed by atoms with Crippen LogP contribution >= 0.6 is 11.6 Å². The summed E-state index contributed by atoms with van der Waals surface area (Å²) in [6, 6.07) is 6.14. The Morgan fingerprint density at radius 1 is 1.30 bits per heavy atom. The maximum atomic E-state index is 5.96. The zero-order valence-electron chi connectivity index (χ0n) is 11.3. The molecule has 1 aromatic heterocycles. The first-order chi connectivity index (χ1) is 9.76. The molecule has 0 radical (unpaired) electrons. The van der Waals surface area contributed by atoms with Gasteiger partial charge in [-0.3, -0.25) is 0 Å². The fraction of sp³-hybridized carbons (Fsp3) is 0.333. The molecule has 1 saturated carbocycles. The van der Waals surface area contributed by atoms with Gasteiger partial charge in [-0.25, -0.2) is 9.97 Å². The molecule has 0 bridgehead atoms. The third kappa shape index (κ3) is 3.08. The SMILES string of the molecule is COc1cc(Cl)ccc1-c1ncc(CNC2CC2)cn1. The van der Waals surface area contributed by atoms with Crippen molar-refractivity contribution in [3.8, 4) is 17.1 Å². The molecular weight excluding hydrogens is 274 g/mol. The fourth-order valence-electron chi connectivity index (χ4n) is 1.98. The minimum absolute atomic E-state index is 0.635. The monoisotopic (exact) mass is 289 g/mol. The number of aromatic nitrogens is 2. The molecule has 1 aromatic carbocycles. The van der Waals surface area contributed by atoms with Crippen molar-refractivity contribution in [2.24, 2.45) is 0 Å². The van der Waals surface area contributed by atoms with Gasteiger partial charge in [0.2, 0.25) is 0 Å². The lowest BCUT2D eigenvalue weighted by Gasteiger charge is -2.08. The Hall–Kier alpha value is -1.65. The number of methoxy groups -OCH3 is 1. The fourth-order valence-corrected chi connectivity index (χ4v) is 2.15. The van der Waals surface area contributed by atoms with E-state index in [-0.39, 0.29) is 0 Å². The maximum Gasteiger partial charge on any atom is 0.162 e. The highest BCUT2D eigenvalue weighted by Crippen LogP contribution is 2.30. The summed E-state index contributed by atoms with van der Waals surface area (Å²) in [5.74, 6) is 1.33. The van der Waals surface area contributed by atoms with Crippen molar-refractivity contribution in [3.05, 3.63) is 41.2 Å². The van der Waals surface area contributed by atoms with Gasteiger partial charge in [-0.2, -0.15) is 0 Å². The van der Waals surface area contributed by atoms with Crippen LogP contribution in [-0.2, 0) is 6.54 Å². The highest BCUT2D eigenvalue weighted by molar-refractivity contribution is 6.30. The molecule has 3 rings (SSSR count). The van der Waals surface area contributed by atoms with E-state index in [4.69, 9.17) is 16.3 Å². The van der Waals surface area contributed by atoms with E-state index in [2.05, 4.69) is 15.3 Å². The van der Waals surface area contributed by atoms with Gasteiger partial charge in [0, 0.05) is 35.6 Å². The van der Waals surface area contributed by atoms with E-state index in [1.54, 1.807) is 13.2 Å². The average Bonchev–Trinajstić information content (AvgIpc) is 3.30. The van der Waals surface area contributed by atoms with Crippen molar-refractivity contribution < 1.29 is 4.74 Å². The molecule has 0 spiro atoms. The second kappa shape index (κ2) is 5.77. The summed E-state index contributed by atoms with van der Waals surface area (Å²) in [4.78, 5) is 8.82. The van der Waals surface area contributed by atoms with E-state index < -0.39 is 0 Å². The largest absolute Gasteiger partial charge is 0.496 e. The summed E-state index contributed by atoms with van der Waals surface area (Å²) >= 11 is 5.96. The number of ether oxygens (including phenoxy) is 1. The minimum Gasteiger partial charge on any atom is -0.496 e. The Balaban J connectivity index is 1.79. The zero-order chi connectivity index (χ0) is 13.9. The van der Waals surface area contributed by atoms with Gasteiger partial charge < -0.3 is 10.1 Å². The summed E-state index contributed by atoms with van der Waals surface area (Å²) in [7, 11) is 1.61. The lowest BCUT2D eigenvalue weighted by Crippen LogP contribution is -2.15. The van der Waals surface area contributed by atoms with E-state index in [1.165, 1.54) is 12.8 Å². The second-order valence-electron chi connectivity index (χ2n) is 4.91. The Kier molecular flexibility index (Phi) is 3.85. The van der Waals surface area contributed by atoms with Crippen LogP contribution in [0.15, 0.2) is 30.6 Å². The summed E-state index contributed by atoms with van der Waals surface area (Å²) in [6.07, 6.45) is 6.26. The van der Waals surface area contributed by atoms with Crippen LogP contribution in [0.3, 0.4) is 0 Å². The van der Waals surface area contributed by atoms with Gasteiger partial charge in [-0.1, -0.05) is 11.6 Å². The van der Waals surface area contributed by atoms with Gasteiger partial charge in [-0.05, 0) is 31.0 Å². The molecule has 104 valence electrons. The van der Waals surface area contributed by atoms with Crippen molar-refractivity contribution in [1.82, 2.24) is 15.3 Å². The van der Waals surface area contributed by atoms with Crippen molar-refractivity contribution in [2.75, 3.05) is 7.11 Å². The predicted molar refractivity (Wildman–Crippen MR) is 78.9 cm³/mol. The van der Waals surface area contributed by atoms with Crippen molar-refractivity contribution in [3.63, 3.8) is 0 Å². The predicted octanol–water partition coefficient (Wildman–Crippen LogP) is 3.06. The van der Waals surface area contributed by atoms with Crippen LogP contribution in [0.5, 0.6) is 5.75 Å². The summed E-state index contributed by atoms with van der Waals surface area (Å²) in [5, 5.41) is 4.08. The van der Waals surface area contributed by atoms with Crippen LogP contribution in [-0.4, -0.2) is 23.1 Å². The summed E-state index contributed by atoms with van der Waals surface area (Å²) in [5.41, 5.74) is 1.94. The molecule has 20 heavy (non-hydrogen) atoms. The van der Waals surface area contributed by atoms with Crippen LogP contribution in [0, 0.1) is 0 Å². The molecule has 0 unspecified atom stereocenters. The van der Waals surface area contributed by atoms with Crippen LogP contribution in [0.2, 0.25) is 5.02 Å². The van der Waals surface area contributed by atoms with E-state index in [0.717, 1.165) is 17.7 Å². The zero-order valence-corrected chi connectivity index (χ0v) is 12.0. The second-order valence-corrected chi connectivity index (χ2v) is 5.35. The van der Waals surface area contributed by atoms with Crippen LogP contribution in [0.1, 0.15) is 18.4 Å². The van der Waals surface area contributed by atoms with Gasteiger partial charge in [-0.15, -0.1) is 0 Å². The standard InChI is InChI=1S/C15H16ClN3O/c1-20-14-6-11(16)2-5-13(14)15-18-8-10(9-19-15)7-17-12-3-4-12/h2,5-6,8-9,12,17H,3-4,7H2,1H3. The molecule has 0 saturated heterocycles. The van der Waals surface area contributed by atoms with Gasteiger partial charge in [0.05, 0.1) is 12.7 Å². The molecule has 1 aliphatic carbocycles. The normalized spacial score (nSPS) is 14.3. The average molecular weight is 290 g/mol. The molecule has 5 heteroatoms. The molecule has 0 atom stereocenters. The molecule has 1 N–H and O–H groups in total. The Morgan fingerprint density at radius 2 is 2.05 bits per heavy atom. The van der Waals surface area contributed by atoms with Gasteiger partial charge in [0.15, 0.2) is 5.82 Å². The van der Waals surface area contributed by atoms with E-state index in [0.29, 0.717) is 22.6 Å². The first kappa shape index (κ1) is 13.3. The smallest absolute Gasteiger partial charge is 0.162 e. The topological polar surface area (TPSA) is 47.0 Å². The Morgan fingerprint density at radius 3 is 2.70 bits per heavy atom. The molecule has 1 heterocycles. The third-order valence-corrected chi connectivity index (χ3v) is 3.52. The van der Waals surface area contributed by atoms with Gasteiger partial charge in [0.1, 0.15) is 5.75 Å². The highest BCUT2D eigenvalue weighted by atomic mass is 35.5. The van der Waals surface area contributed by atoms with Crippen molar-refractivity contribution in [2.45, 2.75) is 25.4 Å². The lowest BCUT2D eigenvalue weighted by molar-refractivity contribution is 0.416. The summed E-state index contributed by atoms with van der Waals surface area (Å²) in [6.45, 7) is 0.822. The number of rotatable bonds is 5. The van der Waals surface area contributed by atoms with Crippen LogP contribution < -0.4 is 10.1 Å². The van der Waals surface area contributed by atoms with Crippen LogP contribution in [0.25, 0.3) is 11.4 Å². The van der Waals surface area contributed by atoms with Crippen LogP contribution in [0.4, 0.5) is 0 Å². The first-order valence-electron chi connectivity index (χ1n) is 6.64. The van der Waals surface area contributed by atoms with Crippen molar-refractivity contribution >= 4 is 11.6 Å². The Bertz CT molecular complexity index is 597. The molecule has 0 amide bonds. The number of benzene rings is 1. The number of halogens is 1. The molecule has 4 nitrogen and oxygen atoms in total. The van der Waals surface area contributed by atoms with Gasteiger partial charge in [0.25, 0.3) is 0 Å². The quantitative estimate of drug-likeness (QED) is 0.919. The number of nitrogens with zero attached hydrogens (tertiary/aromatic N) is 2. The van der Waals surface area contributed by atoms with E-state index >= 15 is 0 Å². The minimum atomic E-state index is 0.635. The lowest BCUT2D eigenvalue weighted by atomic mass is 10.2. The molecule has 1 fully saturated rings. The number of hydrogen-bond donors (Lipinski definition) is 1. The van der Waals surface area contributed by atoms with Gasteiger partial charge >= 0.3 is 0 Å². The molecule has 2 aromatic rings.